The summed E-state index contributed by atoms with van der Waals surface area (Å²) in [6, 6.07) is 2.70. The third-order valence-corrected chi connectivity index (χ3v) is 2.69. The van der Waals surface area contributed by atoms with Gasteiger partial charge in [0.05, 0.1) is 16.8 Å². The lowest BCUT2D eigenvalue weighted by Gasteiger charge is -2.12. The minimum atomic E-state index is -1.11. The lowest BCUT2D eigenvalue weighted by atomic mass is 10.1. The van der Waals surface area contributed by atoms with Crippen molar-refractivity contribution in [3.8, 4) is 0 Å². The standard InChI is InChI=1S/C10H12BrN3O3/c1-2-13-8-6(9(15)14-12)3-5(10(16)17)4-7(8)11/h3-4,13H,2,12H2,1H3,(H,14,15)(H,16,17). The van der Waals surface area contributed by atoms with Crippen LogP contribution in [0.4, 0.5) is 5.69 Å². The van der Waals surface area contributed by atoms with Crippen LogP contribution in [0, 0.1) is 0 Å². The number of halogens is 1. The van der Waals surface area contributed by atoms with Gasteiger partial charge >= 0.3 is 5.97 Å². The van der Waals surface area contributed by atoms with E-state index in [-0.39, 0.29) is 11.1 Å². The Hall–Kier alpha value is -1.60. The Morgan fingerprint density at radius 2 is 2.12 bits per heavy atom. The zero-order valence-corrected chi connectivity index (χ0v) is 10.7. The molecule has 0 aliphatic rings. The number of amides is 1. The van der Waals surface area contributed by atoms with Gasteiger partial charge in [-0.2, -0.15) is 0 Å². The molecule has 7 heteroatoms. The maximum absolute atomic E-state index is 11.5. The topological polar surface area (TPSA) is 104 Å². The van der Waals surface area contributed by atoms with Gasteiger partial charge in [-0.05, 0) is 35.0 Å². The molecule has 1 aromatic rings. The SMILES string of the molecule is CCNc1c(Br)cc(C(=O)O)cc1C(=O)NN. The van der Waals surface area contributed by atoms with Gasteiger partial charge in [-0.15, -0.1) is 0 Å². The van der Waals surface area contributed by atoms with E-state index in [0.29, 0.717) is 16.7 Å². The smallest absolute Gasteiger partial charge is 0.335 e. The largest absolute Gasteiger partial charge is 0.478 e. The number of nitrogens with one attached hydrogen (secondary N) is 2. The Labute approximate surface area is 106 Å². The van der Waals surface area contributed by atoms with Crippen molar-refractivity contribution in [1.82, 2.24) is 5.43 Å². The first-order valence-electron chi connectivity index (χ1n) is 4.82. The number of anilines is 1. The van der Waals surface area contributed by atoms with Crippen LogP contribution in [0.2, 0.25) is 0 Å². The fourth-order valence-electron chi connectivity index (χ4n) is 1.34. The molecule has 0 saturated carbocycles. The third-order valence-electron chi connectivity index (χ3n) is 2.07. The molecular formula is C10H12BrN3O3. The summed E-state index contributed by atoms with van der Waals surface area (Å²) in [6.07, 6.45) is 0. The summed E-state index contributed by atoms with van der Waals surface area (Å²) in [4.78, 5) is 22.4. The molecule has 0 heterocycles. The first kappa shape index (κ1) is 13.5. The maximum Gasteiger partial charge on any atom is 0.335 e. The van der Waals surface area contributed by atoms with Crippen LogP contribution in [0.15, 0.2) is 16.6 Å². The Morgan fingerprint density at radius 3 is 2.59 bits per heavy atom. The van der Waals surface area contributed by atoms with Crippen LogP contribution in [-0.4, -0.2) is 23.5 Å². The van der Waals surface area contributed by atoms with E-state index >= 15 is 0 Å². The predicted octanol–water partition coefficient (Wildman–Crippen LogP) is 1.18. The Morgan fingerprint density at radius 1 is 1.47 bits per heavy atom. The monoisotopic (exact) mass is 301 g/mol. The molecule has 1 rings (SSSR count). The summed E-state index contributed by atoms with van der Waals surface area (Å²) in [5, 5.41) is 11.9. The molecule has 1 amide bonds. The van der Waals surface area contributed by atoms with Gasteiger partial charge < -0.3 is 10.4 Å². The van der Waals surface area contributed by atoms with Gasteiger partial charge in [-0.3, -0.25) is 10.2 Å². The van der Waals surface area contributed by atoms with Gasteiger partial charge in [0.1, 0.15) is 0 Å². The number of nitrogens with two attached hydrogens (primary N) is 1. The van der Waals surface area contributed by atoms with Crippen LogP contribution in [-0.2, 0) is 0 Å². The van der Waals surface area contributed by atoms with Crippen molar-refractivity contribution in [2.45, 2.75) is 6.92 Å². The summed E-state index contributed by atoms with van der Waals surface area (Å²) in [7, 11) is 0. The molecule has 1 aromatic carbocycles. The molecule has 0 saturated heterocycles. The quantitative estimate of drug-likeness (QED) is 0.380. The fourth-order valence-corrected chi connectivity index (χ4v) is 1.94. The van der Waals surface area contributed by atoms with E-state index < -0.39 is 11.9 Å². The Kier molecular flexibility index (Phi) is 4.47. The number of benzene rings is 1. The van der Waals surface area contributed by atoms with E-state index in [1.54, 1.807) is 0 Å². The highest BCUT2D eigenvalue weighted by atomic mass is 79.9. The van der Waals surface area contributed by atoms with Crippen molar-refractivity contribution < 1.29 is 14.7 Å². The lowest BCUT2D eigenvalue weighted by molar-refractivity contribution is 0.0697. The first-order valence-corrected chi connectivity index (χ1v) is 5.62. The van der Waals surface area contributed by atoms with E-state index in [1.807, 2.05) is 12.3 Å². The van der Waals surface area contributed by atoms with Crippen molar-refractivity contribution in [2.24, 2.45) is 5.84 Å². The molecule has 0 atom stereocenters. The molecule has 0 bridgehead atoms. The molecule has 0 spiro atoms. The number of carbonyl (C=O) groups excluding carboxylic acids is 1. The first-order chi connectivity index (χ1) is 8.01. The van der Waals surface area contributed by atoms with Crippen molar-refractivity contribution in [1.29, 1.82) is 0 Å². The maximum atomic E-state index is 11.5. The highest BCUT2D eigenvalue weighted by Gasteiger charge is 2.17. The number of hydrogen-bond donors (Lipinski definition) is 4. The summed E-state index contributed by atoms with van der Waals surface area (Å²) in [6.45, 7) is 2.46. The lowest BCUT2D eigenvalue weighted by Crippen LogP contribution is -2.31. The van der Waals surface area contributed by atoms with Gasteiger partial charge in [0, 0.05) is 11.0 Å². The Balaban J connectivity index is 3.38. The average molecular weight is 302 g/mol. The van der Waals surface area contributed by atoms with Crippen molar-refractivity contribution in [3.05, 3.63) is 27.7 Å². The number of hydrazine groups is 1. The third kappa shape index (κ3) is 2.95. The molecule has 0 fully saturated rings. The van der Waals surface area contributed by atoms with E-state index in [4.69, 9.17) is 10.9 Å². The van der Waals surface area contributed by atoms with Gasteiger partial charge in [0.15, 0.2) is 0 Å². The number of carboxylic acids is 1. The zero-order chi connectivity index (χ0) is 13.0. The summed E-state index contributed by atoms with van der Waals surface area (Å²) in [5.41, 5.74) is 2.69. The second kappa shape index (κ2) is 5.65. The molecular weight excluding hydrogens is 290 g/mol. The molecule has 17 heavy (non-hydrogen) atoms. The van der Waals surface area contributed by atoms with E-state index in [9.17, 15) is 9.59 Å². The highest BCUT2D eigenvalue weighted by molar-refractivity contribution is 9.10. The minimum absolute atomic E-state index is 0.0112. The normalized spacial score (nSPS) is 9.82. The van der Waals surface area contributed by atoms with Gasteiger partial charge in [0.25, 0.3) is 5.91 Å². The average Bonchev–Trinajstić information content (AvgIpc) is 2.30. The summed E-state index contributed by atoms with van der Waals surface area (Å²) < 4.78 is 0.498. The van der Waals surface area contributed by atoms with Gasteiger partial charge in [-0.1, -0.05) is 0 Å². The summed E-state index contributed by atoms with van der Waals surface area (Å²) in [5.74, 6) is 3.39. The molecule has 6 nitrogen and oxygen atoms in total. The second-order valence-corrected chi connectivity index (χ2v) is 4.04. The van der Waals surface area contributed by atoms with Crippen LogP contribution in [0.1, 0.15) is 27.6 Å². The van der Waals surface area contributed by atoms with Crippen LogP contribution < -0.4 is 16.6 Å². The molecule has 92 valence electrons. The van der Waals surface area contributed by atoms with Crippen LogP contribution in [0.5, 0.6) is 0 Å². The molecule has 0 radical (unpaired) electrons. The van der Waals surface area contributed by atoms with Crippen molar-refractivity contribution in [3.63, 3.8) is 0 Å². The molecule has 0 aliphatic heterocycles. The minimum Gasteiger partial charge on any atom is -0.478 e. The molecule has 0 unspecified atom stereocenters. The van der Waals surface area contributed by atoms with E-state index in [1.165, 1.54) is 12.1 Å². The zero-order valence-electron chi connectivity index (χ0n) is 9.08. The van der Waals surface area contributed by atoms with Gasteiger partial charge in [0.2, 0.25) is 0 Å². The number of carbonyl (C=O) groups is 2. The van der Waals surface area contributed by atoms with Crippen molar-refractivity contribution in [2.75, 3.05) is 11.9 Å². The number of nitrogen functional groups attached to an aromatic ring is 1. The number of carboxylic acid groups (broad SMARTS) is 1. The van der Waals surface area contributed by atoms with Gasteiger partial charge in [-0.25, -0.2) is 10.6 Å². The van der Waals surface area contributed by atoms with Crippen LogP contribution in [0.3, 0.4) is 0 Å². The van der Waals surface area contributed by atoms with Crippen molar-refractivity contribution >= 4 is 33.5 Å². The molecule has 0 aliphatic carbocycles. The molecule has 5 N–H and O–H groups in total. The fraction of sp³-hybridized carbons (Fsp3) is 0.200. The van der Waals surface area contributed by atoms with Crippen LogP contribution in [0.25, 0.3) is 0 Å². The van der Waals surface area contributed by atoms with E-state index in [0.717, 1.165) is 0 Å². The molecule has 0 aromatic heterocycles. The predicted molar refractivity (Wildman–Crippen MR) is 66.9 cm³/mol. The highest BCUT2D eigenvalue weighted by Crippen LogP contribution is 2.28. The second-order valence-electron chi connectivity index (χ2n) is 3.19. The Bertz CT molecular complexity index is 462. The van der Waals surface area contributed by atoms with E-state index in [2.05, 4.69) is 21.2 Å². The number of rotatable bonds is 4. The van der Waals surface area contributed by atoms with Crippen LogP contribution >= 0.6 is 15.9 Å². The number of hydrogen-bond acceptors (Lipinski definition) is 4. The summed E-state index contributed by atoms with van der Waals surface area (Å²) >= 11 is 3.22. The number of aromatic carboxylic acids is 1.